The van der Waals surface area contributed by atoms with Crippen molar-refractivity contribution in [3.05, 3.63) is 11.6 Å². The zero-order valence-corrected chi connectivity index (χ0v) is 7.09. The highest BCUT2D eigenvalue weighted by Gasteiger charge is 2.12. The molecule has 0 aromatic heterocycles. The number of carbonyl (C=O) groups is 1. The zero-order chi connectivity index (χ0) is 9.07. The Balaban J connectivity index is 4.07. The highest BCUT2D eigenvalue weighted by Crippen LogP contribution is 2.14. The third kappa shape index (κ3) is 7.06. The number of carboxylic acids is 1. The third-order valence-corrected chi connectivity index (χ3v) is 1.08. The van der Waals surface area contributed by atoms with Gasteiger partial charge in [0.05, 0.1) is 5.60 Å². The minimum atomic E-state index is -0.966. The number of aliphatic carboxylic acids is 1. The zero-order valence-electron chi connectivity index (χ0n) is 7.09. The molecule has 0 saturated heterocycles. The fourth-order valence-corrected chi connectivity index (χ4v) is 0.944. The van der Waals surface area contributed by atoms with Crippen LogP contribution >= 0.6 is 0 Å². The van der Waals surface area contributed by atoms with E-state index in [9.17, 15) is 9.90 Å². The van der Waals surface area contributed by atoms with E-state index in [1.54, 1.807) is 20.8 Å². The normalized spacial score (nSPS) is 13.3. The first-order valence-electron chi connectivity index (χ1n) is 3.44. The molecular formula is C8H14O3. The monoisotopic (exact) mass is 158 g/mol. The average Bonchev–Trinajstić information content (AvgIpc) is 1.53. The highest BCUT2D eigenvalue weighted by atomic mass is 16.4. The molecule has 0 heterocycles. The van der Waals surface area contributed by atoms with E-state index in [1.807, 2.05) is 0 Å². The Hall–Kier alpha value is -0.830. The topological polar surface area (TPSA) is 57.5 Å². The van der Waals surface area contributed by atoms with Crippen LogP contribution in [0.25, 0.3) is 0 Å². The maximum absolute atomic E-state index is 10.1. The van der Waals surface area contributed by atoms with Crippen molar-refractivity contribution >= 4 is 5.97 Å². The van der Waals surface area contributed by atoms with E-state index in [0.29, 0.717) is 12.0 Å². The standard InChI is InChI=1S/C8H14O3/c1-6(4-7(9)10)5-8(2,3)11/h4,11H,5H2,1-3H3,(H,9,10). The van der Waals surface area contributed by atoms with Crippen molar-refractivity contribution in [2.75, 3.05) is 0 Å². The summed E-state index contributed by atoms with van der Waals surface area (Å²) < 4.78 is 0. The first-order valence-corrected chi connectivity index (χ1v) is 3.44. The van der Waals surface area contributed by atoms with Crippen LogP contribution in [0.4, 0.5) is 0 Å². The van der Waals surface area contributed by atoms with Crippen molar-refractivity contribution in [2.24, 2.45) is 0 Å². The number of hydrogen-bond acceptors (Lipinski definition) is 2. The summed E-state index contributed by atoms with van der Waals surface area (Å²) in [6.45, 7) is 4.98. The molecule has 11 heavy (non-hydrogen) atoms. The second-order valence-electron chi connectivity index (χ2n) is 3.32. The second-order valence-corrected chi connectivity index (χ2v) is 3.32. The summed E-state index contributed by atoms with van der Waals surface area (Å²) in [5.41, 5.74) is -0.152. The van der Waals surface area contributed by atoms with Crippen molar-refractivity contribution in [1.82, 2.24) is 0 Å². The van der Waals surface area contributed by atoms with Gasteiger partial charge >= 0.3 is 5.97 Å². The molecule has 64 valence electrons. The predicted octanol–water partition coefficient (Wildman–Crippen LogP) is 1.18. The molecule has 0 radical (unpaired) electrons. The van der Waals surface area contributed by atoms with Crippen LogP contribution in [0.2, 0.25) is 0 Å². The van der Waals surface area contributed by atoms with E-state index >= 15 is 0 Å². The van der Waals surface area contributed by atoms with Crippen LogP contribution in [0.5, 0.6) is 0 Å². The van der Waals surface area contributed by atoms with E-state index in [2.05, 4.69) is 0 Å². The number of hydrogen-bond donors (Lipinski definition) is 2. The van der Waals surface area contributed by atoms with Gasteiger partial charge in [0.25, 0.3) is 0 Å². The first kappa shape index (κ1) is 10.2. The van der Waals surface area contributed by atoms with Gasteiger partial charge < -0.3 is 10.2 Å². The summed E-state index contributed by atoms with van der Waals surface area (Å²) in [6.07, 6.45) is 1.50. The third-order valence-electron chi connectivity index (χ3n) is 1.08. The van der Waals surface area contributed by atoms with Gasteiger partial charge in [0, 0.05) is 6.08 Å². The number of carboxylic acid groups (broad SMARTS) is 1. The van der Waals surface area contributed by atoms with Gasteiger partial charge in [-0.1, -0.05) is 5.57 Å². The first-order chi connectivity index (χ1) is 4.81. The van der Waals surface area contributed by atoms with E-state index in [1.165, 1.54) is 0 Å². The summed E-state index contributed by atoms with van der Waals surface area (Å²) in [4.78, 5) is 10.1. The van der Waals surface area contributed by atoms with Crippen LogP contribution in [0, 0.1) is 0 Å². The Morgan fingerprint density at radius 1 is 1.55 bits per heavy atom. The van der Waals surface area contributed by atoms with Crippen LogP contribution in [-0.2, 0) is 4.79 Å². The van der Waals surface area contributed by atoms with Crippen LogP contribution in [0.15, 0.2) is 11.6 Å². The molecule has 0 aromatic carbocycles. The van der Waals surface area contributed by atoms with Gasteiger partial charge in [-0.05, 0) is 27.2 Å². The maximum Gasteiger partial charge on any atom is 0.328 e. The van der Waals surface area contributed by atoms with Gasteiger partial charge in [-0.3, -0.25) is 0 Å². The van der Waals surface area contributed by atoms with Gasteiger partial charge in [0.15, 0.2) is 0 Å². The average molecular weight is 158 g/mol. The number of rotatable bonds is 3. The lowest BCUT2D eigenvalue weighted by molar-refractivity contribution is -0.131. The summed E-state index contributed by atoms with van der Waals surface area (Å²) in [5.74, 6) is -0.966. The van der Waals surface area contributed by atoms with E-state index < -0.39 is 11.6 Å². The SMILES string of the molecule is CC(=CC(=O)O)CC(C)(C)O. The molecule has 0 aromatic rings. The van der Waals surface area contributed by atoms with Gasteiger partial charge in [0.1, 0.15) is 0 Å². The van der Waals surface area contributed by atoms with Crippen molar-refractivity contribution in [3.63, 3.8) is 0 Å². The van der Waals surface area contributed by atoms with E-state index in [-0.39, 0.29) is 0 Å². The molecule has 0 rings (SSSR count). The lowest BCUT2D eigenvalue weighted by Gasteiger charge is -2.16. The Morgan fingerprint density at radius 2 is 2.00 bits per heavy atom. The molecule has 0 bridgehead atoms. The summed E-state index contributed by atoms with van der Waals surface area (Å²) >= 11 is 0. The lowest BCUT2D eigenvalue weighted by atomic mass is 10.00. The molecular weight excluding hydrogens is 144 g/mol. The van der Waals surface area contributed by atoms with Gasteiger partial charge in [-0.15, -0.1) is 0 Å². The molecule has 0 aliphatic heterocycles. The van der Waals surface area contributed by atoms with Gasteiger partial charge in [0.2, 0.25) is 0 Å². The van der Waals surface area contributed by atoms with Crippen LogP contribution in [0.1, 0.15) is 27.2 Å². The van der Waals surface area contributed by atoms with Crippen molar-refractivity contribution < 1.29 is 15.0 Å². The smallest absolute Gasteiger partial charge is 0.328 e. The van der Waals surface area contributed by atoms with Crippen molar-refractivity contribution in [1.29, 1.82) is 0 Å². The molecule has 0 aliphatic rings. The summed E-state index contributed by atoms with van der Waals surface area (Å²) in [7, 11) is 0. The quantitative estimate of drug-likeness (QED) is 0.606. The second kappa shape index (κ2) is 3.53. The largest absolute Gasteiger partial charge is 0.478 e. The molecule has 0 saturated carbocycles. The van der Waals surface area contributed by atoms with E-state index in [0.717, 1.165) is 6.08 Å². The molecule has 0 spiro atoms. The van der Waals surface area contributed by atoms with Crippen molar-refractivity contribution in [2.45, 2.75) is 32.8 Å². The molecule has 0 unspecified atom stereocenters. The molecule has 0 atom stereocenters. The van der Waals surface area contributed by atoms with Gasteiger partial charge in [-0.2, -0.15) is 0 Å². The lowest BCUT2D eigenvalue weighted by Crippen LogP contribution is -2.18. The highest BCUT2D eigenvalue weighted by molar-refractivity contribution is 5.80. The summed E-state index contributed by atoms with van der Waals surface area (Å²) in [5, 5.41) is 17.6. The summed E-state index contributed by atoms with van der Waals surface area (Å²) in [6, 6.07) is 0. The van der Waals surface area contributed by atoms with Crippen LogP contribution in [0.3, 0.4) is 0 Å². The van der Waals surface area contributed by atoms with Crippen LogP contribution < -0.4 is 0 Å². The van der Waals surface area contributed by atoms with Gasteiger partial charge in [-0.25, -0.2) is 4.79 Å². The van der Waals surface area contributed by atoms with Crippen molar-refractivity contribution in [3.8, 4) is 0 Å². The Morgan fingerprint density at radius 3 is 2.27 bits per heavy atom. The maximum atomic E-state index is 10.1. The predicted molar refractivity (Wildman–Crippen MR) is 42.3 cm³/mol. The molecule has 0 fully saturated rings. The van der Waals surface area contributed by atoms with E-state index in [4.69, 9.17) is 5.11 Å². The number of aliphatic hydroxyl groups is 1. The molecule has 3 nitrogen and oxygen atoms in total. The Labute approximate surface area is 66.4 Å². The molecule has 0 amide bonds. The molecule has 3 heteroatoms. The Kier molecular flexibility index (Phi) is 3.26. The minimum absolute atomic E-state index is 0.388. The molecule has 2 N–H and O–H groups in total. The minimum Gasteiger partial charge on any atom is -0.478 e. The molecule has 0 aliphatic carbocycles. The Bertz CT molecular complexity index is 174. The fourth-order valence-electron chi connectivity index (χ4n) is 0.944. The van der Waals surface area contributed by atoms with Crippen LogP contribution in [-0.4, -0.2) is 21.8 Å². The fraction of sp³-hybridized carbons (Fsp3) is 0.625.